The second kappa shape index (κ2) is 8.16. The van der Waals surface area contributed by atoms with E-state index in [2.05, 4.69) is 59.8 Å². The Morgan fingerprint density at radius 2 is 1.74 bits per heavy atom. The van der Waals surface area contributed by atoms with Gasteiger partial charge in [-0.15, -0.1) is 0 Å². The molecule has 0 fully saturated rings. The summed E-state index contributed by atoms with van der Waals surface area (Å²) < 4.78 is 5.90. The highest BCUT2D eigenvalue weighted by Crippen LogP contribution is 2.28. The molecule has 0 aromatic heterocycles. The molecular formula is C20H36NO2+. The van der Waals surface area contributed by atoms with E-state index in [-0.39, 0.29) is 11.0 Å². The number of aliphatic hydroxyl groups is 1. The van der Waals surface area contributed by atoms with E-state index in [1.54, 1.807) is 0 Å². The summed E-state index contributed by atoms with van der Waals surface area (Å²) in [6.07, 6.45) is 0.609. The summed E-state index contributed by atoms with van der Waals surface area (Å²) in [5.41, 5.74) is 1.47. The molecule has 1 aromatic carbocycles. The maximum absolute atomic E-state index is 10.3. The first kappa shape index (κ1) is 20.0. The van der Waals surface area contributed by atoms with Crippen molar-refractivity contribution in [2.45, 2.75) is 72.4 Å². The molecule has 23 heavy (non-hydrogen) atoms. The van der Waals surface area contributed by atoms with E-state index >= 15 is 0 Å². The number of nitrogens with two attached hydrogens (primary N) is 1. The third kappa shape index (κ3) is 5.82. The van der Waals surface area contributed by atoms with Crippen LogP contribution in [0.15, 0.2) is 24.3 Å². The van der Waals surface area contributed by atoms with E-state index in [0.717, 1.165) is 12.2 Å². The zero-order valence-corrected chi connectivity index (χ0v) is 16.0. The number of rotatable bonds is 8. The van der Waals surface area contributed by atoms with E-state index in [1.807, 2.05) is 18.2 Å². The molecule has 0 spiro atoms. The standard InChI is InChI=1S/C20H35NO2/c1-8-15(2)17-11-9-10-12-18(17)23-14-16(22)13-21-20(6,7)19(3,4)5/h9-12,15-16,21-22H,8,13-14H2,1-7H3/p+1/t15-,16-/m0/s1. The third-order valence-electron chi connectivity index (χ3n) is 5.33. The summed E-state index contributed by atoms with van der Waals surface area (Å²) in [7, 11) is 0. The molecule has 132 valence electrons. The van der Waals surface area contributed by atoms with Gasteiger partial charge in [0.05, 0.1) is 5.54 Å². The highest BCUT2D eigenvalue weighted by Gasteiger charge is 2.36. The van der Waals surface area contributed by atoms with Crippen LogP contribution < -0.4 is 10.1 Å². The molecule has 0 aliphatic rings. The topological polar surface area (TPSA) is 46.1 Å². The molecule has 0 aliphatic heterocycles. The molecule has 0 bridgehead atoms. The number of ether oxygens (including phenoxy) is 1. The maximum Gasteiger partial charge on any atom is 0.137 e. The van der Waals surface area contributed by atoms with Crippen molar-refractivity contribution in [1.82, 2.24) is 0 Å². The number of aliphatic hydroxyl groups excluding tert-OH is 1. The average molecular weight is 323 g/mol. The van der Waals surface area contributed by atoms with Gasteiger partial charge >= 0.3 is 0 Å². The van der Waals surface area contributed by atoms with Crippen molar-refractivity contribution >= 4 is 0 Å². The van der Waals surface area contributed by atoms with Crippen molar-refractivity contribution in [2.24, 2.45) is 5.41 Å². The zero-order chi connectivity index (χ0) is 17.7. The van der Waals surface area contributed by atoms with E-state index in [9.17, 15) is 5.11 Å². The SMILES string of the molecule is CC[C@H](C)c1ccccc1OC[C@@H](O)C[NH2+]C(C)(C)C(C)(C)C. The van der Waals surface area contributed by atoms with Crippen molar-refractivity contribution in [3.63, 3.8) is 0 Å². The fourth-order valence-electron chi connectivity index (χ4n) is 2.23. The van der Waals surface area contributed by atoms with Gasteiger partial charge < -0.3 is 15.2 Å². The minimum absolute atomic E-state index is 0.0720. The van der Waals surface area contributed by atoms with Crippen molar-refractivity contribution in [1.29, 1.82) is 0 Å². The predicted molar refractivity (Wildman–Crippen MR) is 97.0 cm³/mol. The molecule has 1 aromatic rings. The number of hydrogen-bond donors (Lipinski definition) is 2. The van der Waals surface area contributed by atoms with Crippen LogP contribution >= 0.6 is 0 Å². The second-order valence-corrected chi connectivity index (χ2v) is 8.22. The van der Waals surface area contributed by atoms with E-state index < -0.39 is 6.10 Å². The van der Waals surface area contributed by atoms with Crippen LogP contribution in [0.25, 0.3) is 0 Å². The lowest BCUT2D eigenvalue weighted by Crippen LogP contribution is -2.99. The molecule has 0 heterocycles. The van der Waals surface area contributed by atoms with Gasteiger partial charge in [0, 0.05) is 5.41 Å². The summed E-state index contributed by atoms with van der Waals surface area (Å²) in [5, 5.41) is 12.5. The first-order valence-electron chi connectivity index (χ1n) is 8.82. The number of para-hydroxylation sites is 1. The van der Waals surface area contributed by atoms with Gasteiger partial charge in [0.1, 0.15) is 25.0 Å². The van der Waals surface area contributed by atoms with Crippen LogP contribution in [0.4, 0.5) is 0 Å². The number of hydrogen-bond acceptors (Lipinski definition) is 2. The van der Waals surface area contributed by atoms with Crippen LogP contribution in [0.3, 0.4) is 0 Å². The largest absolute Gasteiger partial charge is 0.490 e. The van der Waals surface area contributed by atoms with E-state index in [1.165, 1.54) is 5.56 Å². The lowest BCUT2D eigenvalue weighted by Gasteiger charge is -2.36. The Morgan fingerprint density at radius 3 is 2.30 bits per heavy atom. The summed E-state index contributed by atoms with van der Waals surface area (Å²) in [5.74, 6) is 1.37. The summed E-state index contributed by atoms with van der Waals surface area (Å²) in [6, 6.07) is 8.15. The lowest BCUT2D eigenvalue weighted by atomic mass is 9.76. The van der Waals surface area contributed by atoms with E-state index in [0.29, 0.717) is 19.1 Å². The van der Waals surface area contributed by atoms with Crippen LogP contribution in [0.2, 0.25) is 0 Å². The Labute approximate surface area is 142 Å². The Hall–Kier alpha value is -1.06. The normalized spacial score (nSPS) is 15.3. The van der Waals surface area contributed by atoms with Gasteiger partial charge in [-0.1, -0.05) is 52.8 Å². The molecule has 1 rings (SSSR count). The number of benzene rings is 1. The molecule has 0 saturated heterocycles. The third-order valence-corrected chi connectivity index (χ3v) is 5.33. The second-order valence-electron chi connectivity index (χ2n) is 8.22. The molecule has 0 aliphatic carbocycles. The molecule has 0 amide bonds. The monoisotopic (exact) mass is 322 g/mol. The first-order chi connectivity index (χ1) is 10.6. The van der Waals surface area contributed by atoms with Gasteiger partial charge in [-0.25, -0.2) is 0 Å². The van der Waals surface area contributed by atoms with Crippen LogP contribution in [0.1, 0.15) is 66.4 Å². The summed E-state index contributed by atoms with van der Waals surface area (Å²) >= 11 is 0. The fourth-order valence-corrected chi connectivity index (χ4v) is 2.23. The highest BCUT2D eigenvalue weighted by atomic mass is 16.5. The van der Waals surface area contributed by atoms with Gasteiger partial charge in [-0.2, -0.15) is 0 Å². The van der Waals surface area contributed by atoms with Crippen LogP contribution in [0.5, 0.6) is 5.75 Å². The summed E-state index contributed by atoms with van der Waals surface area (Å²) in [4.78, 5) is 0. The van der Waals surface area contributed by atoms with Gasteiger partial charge in [0.15, 0.2) is 0 Å². The van der Waals surface area contributed by atoms with Crippen LogP contribution in [-0.2, 0) is 0 Å². The highest BCUT2D eigenvalue weighted by molar-refractivity contribution is 5.35. The molecule has 2 atom stereocenters. The molecule has 3 nitrogen and oxygen atoms in total. The molecule has 0 unspecified atom stereocenters. The van der Waals surface area contributed by atoms with Gasteiger partial charge in [0.2, 0.25) is 0 Å². The Balaban J connectivity index is 2.56. The number of quaternary nitrogens is 1. The lowest BCUT2D eigenvalue weighted by molar-refractivity contribution is -0.738. The van der Waals surface area contributed by atoms with Crippen LogP contribution in [-0.4, -0.2) is 29.9 Å². The minimum Gasteiger partial charge on any atom is -0.490 e. The Morgan fingerprint density at radius 1 is 1.13 bits per heavy atom. The molecule has 3 heteroatoms. The Kier molecular flexibility index (Phi) is 7.09. The van der Waals surface area contributed by atoms with Crippen molar-refractivity contribution in [3.05, 3.63) is 29.8 Å². The predicted octanol–water partition coefficient (Wildman–Crippen LogP) is 3.33. The molecule has 0 saturated carbocycles. The zero-order valence-electron chi connectivity index (χ0n) is 16.0. The maximum atomic E-state index is 10.3. The minimum atomic E-state index is -0.471. The van der Waals surface area contributed by atoms with Crippen molar-refractivity contribution < 1.29 is 15.2 Å². The average Bonchev–Trinajstić information content (AvgIpc) is 2.49. The Bertz CT molecular complexity index is 477. The molecular weight excluding hydrogens is 286 g/mol. The van der Waals surface area contributed by atoms with Gasteiger partial charge in [-0.05, 0) is 37.8 Å². The molecule has 0 radical (unpaired) electrons. The van der Waals surface area contributed by atoms with Crippen LogP contribution in [0, 0.1) is 5.41 Å². The van der Waals surface area contributed by atoms with Crippen molar-refractivity contribution in [2.75, 3.05) is 13.2 Å². The van der Waals surface area contributed by atoms with Crippen molar-refractivity contribution in [3.8, 4) is 5.75 Å². The fraction of sp³-hybridized carbons (Fsp3) is 0.700. The van der Waals surface area contributed by atoms with Gasteiger partial charge in [-0.3, -0.25) is 0 Å². The smallest absolute Gasteiger partial charge is 0.137 e. The first-order valence-corrected chi connectivity index (χ1v) is 8.82. The quantitative estimate of drug-likeness (QED) is 0.771. The van der Waals surface area contributed by atoms with Gasteiger partial charge in [0.25, 0.3) is 0 Å². The molecule has 3 N–H and O–H groups in total. The van der Waals surface area contributed by atoms with E-state index in [4.69, 9.17) is 4.74 Å². The summed E-state index contributed by atoms with van der Waals surface area (Å²) in [6.45, 7) is 16.5.